The van der Waals surface area contributed by atoms with Crippen molar-refractivity contribution < 1.29 is 0 Å². The van der Waals surface area contributed by atoms with Crippen molar-refractivity contribution in [1.29, 1.82) is 0 Å². The maximum Gasteiger partial charge on any atom is 0.157 e. The number of nitrogens with two attached hydrogens (primary N) is 1. The van der Waals surface area contributed by atoms with Gasteiger partial charge in [0, 0.05) is 25.7 Å². The number of anilines is 2. The second-order valence-corrected chi connectivity index (χ2v) is 5.39. The Bertz CT molecular complexity index is 438. The molecule has 98 valence electrons. The molecule has 2 fully saturated rings. The van der Waals surface area contributed by atoms with Crippen molar-refractivity contribution in [2.45, 2.75) is 25.3 Å². The SMILES string of the molecule is Nc1c(Cl)ncnc1N1CCCN2CCCC2C1. The molecule has 0 radical (unpaired) electrons. The third-order valence-corrected chi connectivity index (χ3v) is 4.22. The zero-order valence-corrected chi connectivity index (χ0v) is 11.1. The number of rotatable bonds is 1. The van der Waals surface area contributed by atoms with Crippen LogP contribution in [0.1, 0.15) is 19.3 Å². The van der Waals surface area contributed by atoms with Crippen molar-refractivity contribution in [1.82, 2.24) is 14.9 Å². The summed E-state index contributed by atoms with van der Waals surface area (Å²) in [5.41, 5.74) is 6.49. The molecule has 1 aromatic heterocycles. The van der Waals surface area contributed by atoms with Crippen LogP contribution in [0.4, 0.5) is 11.5 Å². The third kappa shape index (κ3) is 2.12. The first-order chi connectivity index (χ1) is 8.75. The molecule has 0 amide bonds. The molecule has 5 nitrogen and oxygen atoms in total. The minimum absolute atomic E-state index is 0.354. The maximum absolute atomic E-state index is 5.99. The number of nitrogen functional groups attached to an aromatic ring is 1. The minimum atomic E-state index is 0.354. The summed E-state index contributed by atoms with van der Waals surface area (Å²) < 4.78 is 0. The molecule has 2 aliphatic rings. The molecule has 3 heterocycles. The van der Waals surface area contributed by atoms with E-state index in [1.165, 1.54) is 32.3 Å². The number of halogens is 1. The van der Waals surface area contributed by atoms with Crippen LogP contribution in [0.25, 0.3) is 0 Å². The van der Waals surface area contributed by atoms with E-state index in [2.05, 4.69) is 19.8 Å². The fourth-order valence-electron chi connectivity index (χ4n) is 3.02. The fourth-order valence-corrected chi connectivity index (χ4v) is 3.14. The molecule has 3 rings (SSSR count). The normalized spacial score (nSPS) is 24.9. The average Bonchev–Trinajstić information content (AvgIpc) is 2.70. The largest absolute Gasteiger partial charge is 0.393 e. The number of hydrogen-bond donors (Lipinski definition) is 1. The molecule has 2 saturated heterocycles. The third-order valence-electron chi connectivity index (χ3n) is 3.92. The lowest BCUT2D eigenvalue weighted by atomic mass is 10.2. The molecule has 2 aliphatic heterocycles. The lowest BCUT2D eigenvalue weighted by molar-refractivity contribution is 0.273. The van der Waals surface area contributed by atoms with E-state index >= 15 is 0 Å². The van der Waals surface area contributed by atoms with Gasteiger partial charge in [0.05, 0.1) is 0 Å². The van der Waals surface area contributed by atoms with Gasteiger partial charge in [-0.1, -0.05) is 11.6 Å². The number of fused-ring (bicyclic) bond motifs is 1. The van der Waals surface area contributed by atoms with E-state index in [0.29, 0.717) is 16.9 Å². The molecule has 0 aliphatic carbocycles. The smallest absolute Gasteiger partial charge is 0.157 e. The van der Waals surface area contributed by atoms with Crippen molar-refractivity contribution in [3.63, 3.8) is 0 Å². The predicted molar refractivity (Wildman–Crippen MR) is 72.9 cm³/mol. The van der Waals surface area contributed by atoms with Gasteiger partial charge in [0.1, 0.15) is 12.0 Å². The fraction of sp³-hybridized carbons (Fsp3) is 0.667. The van der Waals surface area contributed by atoms with Gasteiger partial charge in [-0.15, -0.1) is 0 Å². The molecule has 1 unspecified atom stereocenters. The first kappa shape index (κ1) is 12.0. The first-order valence-electron chi connectivity index (χ1n) is 6.50. The van der Waals surface area contributed by atoms with E-state index in [-0.39, 0.29) is 0 Å². The lowest BCUT2D eigenvalue weighted by Crippen LogP contribution is -2.37. The summed E-state index contributed by atoms with van der Waals surface area (Å²) in [6, 6.07) is 0.639. The van der Waals surface area contributed by atoms with Crippen molar-refractivity contribution in [3.8, 4) is 0 Å². The number of aromatic nitrogens is 2. The Kier molecular flexibility index (Phi) is 3.26. The van der Waals surface area contributed by atoms with Crippen molar-refractivity contribution in [2.75, 3.05) is 36.8 Å². The van der Waals surface area contributed by atoms with E-state index in [1.54, 1.807) is 0 Å². The molecule has 0 bridgehead atoms. The maximum atomic E-state index is 5.99. The van der Waals surface area contributed by atoms with Gasteiger partial charge >= 0.3 is 0 Å². The van der Waals surface area contributed by atoms with Gasteiger partial charge in [-0.05, 0) is 25.8 Å². The number of nitrogens with zero attached hydrogens (tertiary/aromatic N) is 4. The van der Waals surface area contributed by atoms with Gasteiger partial charge in [-0.3, -0.25) is 4.90 Å². The van der Waals surface area contributed by atoms with Crippen LogP contribution in [-0.4, -0.2) is 47.1 Å². The van der Waals surface area contributed by atoms with E-state index in [9.17, 15) is 0 Å². The molecule has 2 N–H and O–H groups in total. The van der Waals surface area contributed by atoms with Crippen LogP contribution in [0.15, 0.2) is 6.33 Å². The molecule has 0 spiro atoms. The monoisotopic (exact) mass is 267 g/mol. The predicted octanol–water partition coefficient (Wildman–Crippen LogP) is 1.39. The highest BCUT2D eigenvalue weighted by Gasteiger charge is 2.29. The number of hydrogen-bond acceptors (Lipinski definition) is 5. The Hall–Kier alpha value is -1.07. The van der Waals surface area contributed by atoms with Gasteiger partial charge in [0.25, 0.3) is 0 Å². The quantitative estimate of drug-likeness (QED) is 0.779. The van der Waals surface area contributed by atoms with Crippen LogP contribution in [0, 0.1) is 0 Å². The van der Waals surface area contributed by atoms with Crippen molar-refractivity contribution >= 4 is 23.1 Å². The zero-order valence-electron chi connectivity index (χ0n) is 10.3. The summed E-state index contributed by atoms with van der Waals surface area (Å²) in [7, 11) is 0. The van der Waals surface area contributed by atoms with E-state index < -0.39 is 0 Å². The molecule has 1 atom stereocenters. The second-order valence-electron chi connectivity index (χ2n) is 5.03. The summed E-state index contributed by atoms with van der Waals surface area (Å²) in [6.07, 6.45) is 5.22. The van der Waals surface area contributed by atoms with Crippen LogP contribution >= 0.6 is 11.6 Å². The van der Waals surface area contributed by atoms with Crippen LogP contribution in [0.5, 0.6) is 0 Å². The van der Waals surface area contributed by atoms with E-state index in [4.69, 9.17) is 17.3 Å². The molecular weight excluding hydrogens is 250 g/mol. The summed E-state index contributed by atoms with van der Waals surface area (Å²) in [6.45, 7) is 4.40. The average molecular weight is 268 g/mol. The highest BCUT2D eigenvalue weighted by molar-refractivity contribution is 6.32. The van der Waals surface area contributed by atoms with Crippen LogP contribution in [-0.2, 0) is 0 Å². The van der Waals surface area contributed by atoms with Crippen LogP contribution < -0.4 is 10.6 Å². The summed E-state index contributed by atoms with van der Waals surface area (Å²) in [5, 5.41) is 0.354. The second kappa shape index (κ2) is 4.90. The van der Waals surface area contributed by atoms with Gasteiger partial charge in [0.15, 0.2) is 11.0 Å². The summed E-state index contributed by atoms with van der Waals surface area (Å²) >= 11 is 5.97. The Morgan fingerprint density at radius 3 is 2.94 bits per heavy atom. The molecule has 18 heavy (non-hydrogen) atoms. The molecule has 1 aromatic rings. The van der Waals surface area contributed by atoms with Crippen LogP contribution in [0.2, 0.25) is 5.15 Å². The minimum Gasteiger partial charge on any atom is -0.393 e. The molecule has 6 heteroatoms. The van der Waals surface area contributed by atoms with E-state index in [1.807, 2.05) is 0 Å². The van der Waals surface area contributed by atoms with Gasteiger partial charge in [-0.25, -0.2) is 9.97 Å². The summed E-state index contributed by atoms with van der Waals surface area (Å²) in [5.74, 6) is 0.795. The zero-order chi connectivity index (χ0) is 12.5. The highest BCUT2D eigenvalue weighted by Crippen LogP contribution is 2.29. The lowest BCUT2D eigenvalue weighted by Gasteiger charge is -2.27. The van der Waals surface area contributed by atoms with Crippen LogP contribution in [0.3, 0.4) is 0 Å². The first-order valence-corrected chi connectivity index (χ1v) is 6.88. The Labute approximate surface area is 112 Å². The van der Waals surface area contributed by atoms with E-state index in [0.717, 1.165) is 25.3 Å². The van der Waals surface area contributed by atoms with Crippen molar-refractivity contribution in [3.05, 3.63) is 11.5 Å². The van der Waals surface area contributed by atoms with Gasteiger partial charge in [-0.2, -0.15) is 0 Å². The summed E-state index contributed by atoms with van der Waals surface area (Å²) in [4.78, 5) is 13.1. The highest BCUT2D eigenvalue weighted by atomic mass is 35.5. The molecule has 0 saturated carbocycles. The van der Waals surface area contributed by atoms with Gasteiger partial charge in [0.2, 0.25) is 0 Å². The topological polar surface area (TPSA) is 58.3 Å². The van der Waals surface area contributed by atoms with Crippen molar-refractivity contribution in [2.24, 2.45) is 0 Å². The Balaban J connectivity index is 1.85. The van der Waals surface area contributed by atoms with Gasteiger partial charge < -0.3 is 10.6 Å². The molecular formula is C12H18ClN5. The standard InChI is InChI=1S/C12H18ClN5/c13-11-10(14)12(16-8-15-11)18-6-2-5-17-4-1-3-9(17)7-18/h8-9H,1-7,14H2. The Morgan fingerprint density at radius 1 is 1.22 bits per heavy atom. The molecule has 0 aromatic carbocycles. The Morgan fingerprint density at radius 2 is 2.06 bits per heavy atom.